The molecule has 2 aromatic rings. The van der Waals surface area contributed by atoms with Crippen molar-refractivity contribution >= 4 is 22.6 Å². The van der Waals surface area contributed by atoms with Gasteiger partial charge in [0.25, 0.3) is 0 Å². The normalized spacial score (nSPS) is 14.7. The number of aromatic nitrogens is 2. The molecule has 1 saturated carbocycles. The number of hydrogen-bond donors (Lipinski definition) is 1. The van der Waals surface area contributed by atoms with E-state index in [1.165, 1.54) is 18.9 Å². The van der Waals surface area contributed by atoms with Crippen molar-refractivity contribution < 1.29 is 9.53 Å². The third-order valence-electron chi connectivity index (χ3n) is 3.42. The number of nitrogens with zero attached hydrogens (tertiary/aromatic N) is 2. The summed E-state index contributed by atoms with van der Waals surface area (Å²) in [5, 5.41) is 0.686. The van der Waals surface area contributed by atoms with Crippen molar-refractivity contribution in [2.75, 3.05) is 12.3 Å². The summed E-state index contributed by atoms with van der Waals surface area (Å²) >= 11 is 0. The van der Waals surface area contributed by atoms with Gasteiger partial charge in [0.15, 0.2) is 0 Å². The molecular formula is C16H17N3O2. The molecule has 0 unspecified atom stereocenters. The quantitative estimate of drug-likeness (QED) is 0.674. The maximum atomic E-state index is 12.1. The zero-order chi connectivity index (χ0) is 14.8. The number of allylic oxidation sites excluding steroid dienone is 2. The Morgan fingerprint density at radius 2 is 2.24 bits per heavy atom. The van der Waals surface area contributed by atoms with Crippen LogP contribution in [0.4, 0.5) is 5.95 Å². The first-order valence-corrected chi connectivity index (χ1v) is 7.04. The van der Waals surface area contributed by atoms with Crippen molar-refractivity contribution in [1.29, 1.82) is 0 Å². The van der Waals surface area contributed by atoms with E-state index in [0.29, 0.717) is 22.5 Å². The highest BCUT2D eigenvalue weighted by Gasteiger charge is 2.22. The van der Waals surface area contributed by atoms with E-state index >= 15 is 0 Å². The number of hydrogen-bond acceptors (Lipinski definition) is 5. The van der Waals surface area contributed by atoms with E-state index in [1.54, 1.807) is 13.0 Å². The minimum Gasteiger partial charge on any atom is -0.493 e. The molecule has 108 valence electrons. The molecule has 1 aliphatic rings. The molecule has 0 aliphatic heterocycles. The van der Waals surface area contributed by atoms with Crippen LogP contribution in [0.2, 0.25) is 0 Å². The molecule has 5 nitrogen and oxygen atoms in total. The van der Waals surface area contributed by atoms with E-state index < -0.39 is 0 Å². The second-order valence-electron chi connectivity index (χ2n) is 5.23. The molecule has 0 spiro atoms. The summed E-state index contributed by atoms with van der Waals surface area (Å²) in [6.07, 6.45) is 5.63. The van der Waals surface area contributed by atoms with E-state index in [2.05, 4.69) is 9.97 Å². The maximum Gasteiger partial charge on any atom is 0.221 e. The standard InChI is InChI=1S/C16H17N3O2/c1-2-3-14(20)15-12-7-6-11(21-9-10-4-5-10)8-13(12)18-16(17)19-15/h2-3,6-8,10H,4-5,9H2,1H3,(H2,17,18,19). The lowest BCUT2D eigenvalue weighted by molar-refractivity contribution is 0.104. The highest BCUT2D eigenvalue weighted by molar-refractivity contribution is 6.11. The molecule has 1 heterocycles. The molecule has 21 heavy (non-hydrogen) atoms. The average Bonchev–Trinajstić information content (AvgIpc) is 3.28. The fourth-order valence-corrected chi connectivity index (χ4v) is 2.13. The summed E-state index contributed by atoms with van der Waals surface area (Å²) in [7, 11) is 0. The zero-order valence-electron chi connectivity index (χ0n) is 11.9. The predicted octanol–water partition coefficient (Wildman–Crippen LogP) is 2.76. The molecule has 3 rings (SSSR count). The largest absolute Gasteiger partial charge is 0.493 e. The first-order valence-electron chi connectivity index (χ1n) is 7.04. The van der Waals surface area contributed by atoms with Gasteiger partial charge >= 0.3 is 0 Å². The second kappa shape index (κ2) is 5.52. The topological polar surface area (TPSA) is 78.1 Å². The number of ether oxygens (including phenoxy) is 1. The fraction of sp³-hybridized carbons (Fsp3) is 0.312. The summed E-state index contributed by atoms with van der Waals surface area (Å²) in [6.45, 7) is 2.52. The van der Waals surface area contributed by atoms with E-state index in [0.717, 1.165) is 12.4 Å². The third-order valence-corrected chi connectivity index (χ3v) is 3.42. The number of fused-ring (bicyclic) bond motifs is 1. The van der Waals surface area contributed by atoms with Crippen molar-refractivity contribution in [3.8, 4) is 5.75 Å². The number of nitrogen functional groups attached to an aromatic ring is 1. The van der Waals surface area contributed by atoms with Crippen LogP contribution in [0.25, 0.3) is 10.9 Å². The molecule has 0 saturated heterocycles. The minimum absolute atomic E-state index is 0.0923. The maximum absolute atomic E-state index is 12.1. The molecule has 0 radical (unpaired) electrons. The fourth-order valence-electron chi connectivity index (χ4n) is 2.13. The van der Waals surface area contributed by atoms with Gasteiger partial charge in [-0.05, 0) is 43.9 Å². The summed E-state index contributed by atoms with van der Waals surface area (Å²) in [5.74, 6) is 1.35. The third kappa shape index (κ3) is 3.02. The minimum atomic E-state index is -0.178. The lowest BCUT2D eigenvalue weighted by atomic mass is 10.1. The molecule has 0 atom stereocenters. The van der Waals surface area contributed by atoms with Crippen LogP contribution in [0.5, 0.6) is 5.75 Å². The van der Waals surface area contributed by atoms with Gasteiger partial charge in [-0.25, -0.2) is 9.97 Å². The summed E-state index contributed by atoms with van der Waals surface area (Å²) in [4.78, 5) is 20.3. The molecule has 1 aliphatic carbocycles. The first-order chi connectivity index (χ1) is 10.2. The van der Waals surface area contributed by atoms with Crippen molar-refractivity contribution in [2.45, 2.75) is 19.8 Å². The number of anilines is 1. The van der Waals surface area contributed by atoms with Crippen LogP contribution in [-0.4, -0.2) is 22.4 Å². The van der Waals surface area contributed by atoms with Crippen LogP contribution < -0.4 is 10.5 Å². The van der Waals surface area contributed by atoms with Crippen molar-refractivity contribution in [3.05, 3.63) is 36.0 Å². The Balaban J connectivity index is 1.98. The lowest BCUT2D eigenvalue weighted by Crippen LogP contribution is -2.06. The van der Waals surface area contributed by atoms with Crippen LogP contribution in [-0.2, 0) is 0 Å². The van der Waals surface area contributed by atoms with Gasteiger partial charge in [0.05, 0.1) is 12.1 Å². The van der Waals surface area contributed by atoms with Crippen molar-refractivity contribution in [3.63, 3.8) is 0 Å². The molecule has 0 amide bonds. The van der Waals surface area contributed by atoms with E-state index in [9.17, 15) is 4.79 Å². The Labute approximate surface area is 122 Å². The van der Waals surface area contributed by atoms with Gasteiger partial charge in [0.2, 0.25) is 11.7 Å². The summed E-state index contributed by atoms with van der Waals surface area (Å²) in [5.41, 5.74) is 6.65. The Morgan fingerprint density at radius 1 is 1.43 bits per heavy atom. The molecule has 1 aromatic carbocycles. The highest BCUT2D eigenvalue weighted by Crippen LogP contribution is 2.30. The molecule has 2 N–H and O–H groups in total. The smallest absolute Gasteiger partial charge is 0.221 e. The number of ketones is 1. The number of benzene rings is 1. The molecule has 1 fully saturated rings. The molecule has 0 bridgehead atoms. The van der Waals surface area contributed by atoms with E-state index in [-0.39, 0.29) is 11.7 Å². The number of nitrogens with two attached hydrogens (primary N) is 1. The van der Waals surface area contributed by atoms with Gasteiger partial charge in [-0.15, -0.1) is 0 Å². The first kappa shape index (κ1) is 13.5. The van der Waals surface area contributed by atoms with Crippen LogP contribution in [0.15, 0.2) is 30.4 Å². The van der Waals surface area contributed by atoms with E-state index in [1.807, 2.05) is 18.2 Å². The van der Waals surface area contributed by atoms with Crippen molar-refractivity contribution in [1.82, 2.24) is 9.97 Å². The van der Waals surface area contributed by atoms with Crippen LogP contribution >= 0.6 is 0 Å². The number of rotatable bonds is 5. The average molecular weight is 283 g/mol. The highest BCUT2D eigenvalue weighted by atomic mass is 16.5. The van der Waals surface area contributed by atoms with Gasteiger partial charge in [0.1, 0.15) is 11.4 Å². The van der Waals surface area contributed by atoms with Crippen LogP contribution in [0.1, 0.15) is 30.3 Å². The molecule has 1 aromatic heterocycles. The lowest BCUT2D eigenvalue weighted by Gasteiger charge is -2.08. The van der Waals surface area contributed by atoms with Crippen LogP contribution in [0.3, 0.4) is 0 Å². The Hall–Kier alpha value is -2.43. The monoisotopic (exact) mass is 283 g/mol. The molecular weight excluding hydrogens is 266 g/mol. The predicted molar refractivity (Wildman–Crippen MR) is 81.3 cm³/mol. The van der Waals surface area contributed by atoms with E-state index in [4.69, 9.17) is 10.5 Å². The second-order valence-corrected chi connectivity index (χ2v) is 5.23. The number of carbonyl (C=O) groups excluding carboxylic acids is 1. The van der Waals surface area contributed by atoms with Gasteiger partial charge in [-0.3, -0.25) is 4.79 Å². The van der Waals surface area contributed by atoms with Gasteiger partial charge in [-0.2, -0.15) is 0 Å². The Kier molecular flexibility index (Phi) is 3.56. The van der Waals surface area contributed by atoms with Crippen LogP contribution in [0, 0.1) is 5.92 Å². The summed E-state index contributed by atoms with van der Waals surface area (Å²) in [6, 6.07) is 5.46. The SMILES string of the molecule is CC=CC(=O)c1nc(N)nc2cc(OCC3CC3)ccc12. The van der Waals surface area contributed by atoms with Gasteiger partial charge in [0, 0.05) is 11.5 Å². The summed E-state index contributed by atoms with van der Waals surface area (Å²) < 4.78 is 5.73. The van der Waals surface area contributed by atoms with Gasteiger partial charge in [-0.1, -0.05) is 6.08 Å². The molecule has 5 heteroatoms. The zero-order valence-corrected chi connectivity index (χ0v) is 11.9. The number of carbonyl (C=O) groups is 1. The van der Waals surface area contributed by atoms with Gasteiger partial charge < -0.3 is 10.5 Å². The Bertz CT molecular complexity index is 721. The Morgan fingerprint density at radius 3 is 2.95 bits per heavy atom. The van der Waals surface area contributed by atoms with Crippen molar-refractivity contribution in [2.24, 2.45) is 5.92 Å².